The van der Waals surface area contributed by atoms with Gasteiger partial charge in [-0.15, -0.1) is 10.2 Å². The fraction of sp³-hybridized carbons (Fsp3) is 0.0625. The molecule has 0 bridgehead atoms. The van der Waals surface area contributed by atoms with Crippen LogP contribution in [0.15, 0.2) is 42.5 Å². The maximum Gasteiger partial charge on any atom is 0.437 e. The number of hydrogen-bond acceptors (Lipinski definition) is 5. The molecule has 0 aliphatic rings. The molecule has 0 atom stereocenters. The summed E-state index contributed by atoms with van der Waals surface area (Å²) >= 11 is 5.81. The number of benzene rings is 2. The lowest BCUT2D eigenvalue weighted by Gasteiger charge is -2.10. The van der Waals surface area contributed by atoms with Crippen LogP contribution < -0.4 is 0 Å². The van der Waals surface area contributed by atoms with Gasteiger partial charge in [0.2, 0.25) is 0 Å². The van der Waals surface area contributed by atoms with Crippen LogP contribution in [0.3, 0.4) is 0 Å². The predicted molar refractivity (Wildman–Crippen MR) is 90.4 cm³/mol. The van der Waals surface area contributed by atoms with Crippen LogP contribution >= 0.6 is 11.6 Å². The standard InChI is InChI=1S/C16H7ClF3N5O2/c17-9-6-5-8(7-12(9)25(26)27)14-22-23-15-13(16(18,19)20)21-10-3-1-2-4-11(10)24(14)15/h1-7H. The number of rotatable bonds is 2. The van der Waals surface area contributed by atoms with Gasteiger partial charge in [-0.2, -0.15) is 13.2 Å². The van der Waals surface area contributed by atoms with Gasteiger partial charge in [0, 0.05) is 11.6 Å². The molecular weight excluding hydrogens is 387 g/mol. The van der Waals surface area contributed by atoms with Crippen molar-refractivity contribution in [1.29, 1.82) is 0 Å². The number of nitro benzene ring substituents is 1. The molecule has 0 amide bonds. The van der Waals surface area contributed by atoms with Crippen molar-refractivity contribution in [2.75, 3.05) is 0 Å². The lowest BCUT2D eigenvalue weighted by molar-refractivity contribution is -0.384. The Bertz CT molecular complexity index is 1220. The summed E-state index contributed by atoms with van der Waals surface area (Å²) in [5.74, 6) is 0.00821. The smallest absolute Gasteiger partial charge is 0.271 e. The van der Waals surface area contributed by atoms with Gasteiger partial charge in [0.15, 0.2) is 17.2 Å². The summed E-state index contributed by atoms with van der Waals surface area (Å²) in [6.45, 7) is 0. The first-order valence-corrected chi connectivity index (χ1v) is 7.80. The molecule has 2 heterocycles. The van der Waals surface area contributed by atoms with Crippen molar-refractivity contribution in [3.63, 3.8) is 0 Å². The lowest BCUT2D eigenvalue weighted by Crippen LogP contribution is -2.11. The Balaban J connectivity index is 2.11. The molecular formula is C16H7ClF3N5O2. The van der Waals surface area contributed by atoms with E-state index in [1.807, 2.05) is 0 Å². The van der Waals surface area contributed by atoms with Gasteiger partial charge in [0.05, 0.1) is 16.0 Å². The Hall–Kier alpha value is -3.27. The highest BCUT2D eigenvalue weighted by molar-refractivity contribution is 6.32. The summed E-state index contributed by atoms with van der Waals surface area (Å²) in [5.41, 5.74) is -1.46. The molecule has 7 nitrogen and oxygen atoms in total. The molecule has 2 aromatic heterocycles. The predicted octanol–water partition coefficient (Wildman–Crippen LogP) is 4.52. The number of para-hydroxylation sites is 2. The van der Waals surface area contributed by atoms with E-state index in [9.17, 15) is 23.3 Å². The second-order valence-electron chi connectivity index (χ2n) is 5.55. The topological polar surface area (TPSA) is 86.2 Å². The quantitative estimate of drug-likeness (QED) is 0.369. The molecule has 0 fully saturated rings. The zero-order chi connectivity index (χ0) is 19.3. The van der Waals surface area contributed by atoms with E-state index in [1.165, 1.54) is 22.6 Å². The van der Waals surface area contributed by atoms with Gasteiger partial charge in [-0.1, -0.05) is 23.7 Å². The maximum atomic E-state index is 13.4. The van der Waals surface area contributed by atoms with E-state index in [0.717, 1.165) is 6.07 Å². The van der Waals surface area contributed by atoms with Crippen molar-refractivity contribution < 1.29 is 18.1 Å². The summed E-state index contributed by atoms with van der Waals surface area (Å²) in [4.78, 5) is 14.1. The third-order valence-electron chi connectivity index (χ3n) is 3.90. The molecule has 0 radical (unpaired) electrons. The number of halogens is 4. The number of fused-ring (bicyclic) bond motifs is 3. The second kappa shape index (κ2) is 5.88. The van der Waals surface area contributed by atoms with Crippen LogP contribution in [0.1, 0.15) is 5.69 Å². The van der Waals surface area contributed by atoms with Crippen molar-refractivity contribution in [2.24, 2.45) is 0 Å². The van der Waals surface area contributed by atoms with E-state index >= 15 is 0 Å². The number of nitro groups is 1. The second-order valence-corrected chi connectivity index (χ2v) is 5.96. The molecule has 27 heavy (non-hydrogen) atoms. The molecule has 4 rings (SSSR count). The number of aromatic nitrogens is 4. The minimum absolute atomic E-state index is 0.00821. The van der Waals surface area contributed by atoms with E-state index in [1.54, 1.807) is 18.2 Å². The fourth-order valence-electron chi connectivity index (χ4n) is 2.75. The van der Waals surface area contributed by atoms with Crippen molar-refractivity contribution in [3.8, 4) is 11.4 Å². The van der Waals surface area contributed by atoms with Crippen molar-refractivity contribution in [1.82, 2.24) is 19.6 Å². The van der Waals surface area contributed by atoms with Crippen LogP contribution in [0, 0.1) is 10.1 Å². The van der Waals surface area contributed by atoms with Crippen LogP contribution in [0.2, 0.25) is 5.02 Å². The summed E-state index contributed by atoms with van der Waals surface area (Å²) in [7, 11) is 0. The van der Waals surface area contributed by atoms with Crippen molar-refractivity contribution >= 4 is 34.0 Å². The Morgan fingerprint density at radius 1 is 1.11 bits per heavy atom. The largest absolute Gasteiger partial charge is 0.437 e. The minimum Gasteiger partial charge on any atom is -0.271 e. The minimum atomic E-state index is -4.75. The Morgan fingerprint density at radius 3 is 2.56 bits per heavy atom. The third kappa shape index (κ3) is 2.74. The van der Waals surface area contributed by atoms with Gasteiger partial charge < -0.3 is 0 Å². The molecule has 0 spiro atoms. The van der Waals surface area contributed by atoms with E-state index in [4.69, 9.17) is 11.6 Å². The molecule has 2 aromatic carbocycles. The number of nitrogens with zero attached hydrogens (tertiary/aromatic N) is 5. The summed E-state index contributed by atoms with van der Waals surface area (Å²) in [5, 5.41) is 18.5. The van der Waals surface area contributed by atoms with Gasteiger partial charge in [-0.05, 0) is 24.3 Å². The fourth-order valence-corrected chi connectivity index (χ4v) is 2.94. The molecule has 11 heteroatoms. The highest BCUT2D eigenvalue weighted by Crippen LogP contribution is 2.35. The van der Waals surface area contributed by atoms with Gasteiger partial charge in [-0.25, -0.2) is 4.98 Å². The lowest BCUT2D eigenvalue weighted by atomic mass is 10.2. The van der Waals surface area contributed by atoms with Gasteiger partial charge in [-0.3, -0.25) is 14.5 Å². The van der Waals surface area contributed by atoms with E-state index in [0.29, 0.717) is 5.52 Å². The average Bonchev–Trinajstić information content (AvgIpc) is 3.05. The Morgan fingerprint density at radius 2 is 1.85 bits per heavy atom. The monoisotopic (exact) mass is 393 g/mol. The Kier molecular flexibility index (Phi) is 3.74. The first kappa shape index (κ1) is 17.2. The SMILES string of the molecule is O=[N+]([O-])c1cc(-c2nnc3c(C(F)(F)F)nc4ccccc4n23)ccc1Cl. The molecule has 0 saturated carbocycles. The highest BCUT2D eigenvalue weighted by Gasteiger charge is 2.37. The third-order valence-corrected chi connectivity index (χ3v) is 4.22. The average molecular weight is 394 g/mol. The van der Waals surface area contributed by atoms with Crippen LogP contribution in [-0.2, 0) is 6.18 Å². The maximum absolute atomic E-state index is 13.4. The van der Waals surface area contributed by atoms with Gasteiger partial charge in [0.25, 0.3) is 5.69 Å². The summed E-state index contributed by atoms with van der Waals surface area (Å²) in [6, 6.07) is 10.0. The molecule has 0 N–H and O–H groups in total. The zero-order valence-electron chi connectivity index (χ0n) is 13.1. The van der Waals surface area contributed by atoms with E-state index < -0.39 is 22.4 Å². The summed E-state index contributed by atoms with van der Waals surface area (Å²) < 4.78 is 41.5. The molecule has 0 aliphatic heterocycles. The van der Waals surface area contributed by atoms with Crippen molar-refractivity contribution in [3.05, 3.63) is 63.3 Å². The Labute approximate surface area is 153 Å². The zero-order valence-corrected chi connectivity index (χ0v) is 13.9. The number of hydrogen-bond donors (Lipinski definition) is 0. The van der Waals surface area contributed by atoms with E-state index in [2.05, 4.69) is 15.2 Å². The first-order valence-electron chi connectivity index (χ1n) is 7.43. The van der Waals surface area contributed by atoms with Crippen LogP contribution in [0.5, 0.6) is 0 Å². The number of alkyl halides is 3. The first-order chi connectivity index (χ1) is 12.8. The van der Waals surface area contributed by atoms with E-state index in [-0.39, 0.29) is 27.6 Å². The molecule has 136 valence electrons. The van der Waals surface area contributed by atoms with Crippen LogP contribution in [0.25, 0.3) is 28.1 Å². The molecule has 0 aliphatic carbocycles. The molecule has 4 aromatic rings. The van der Waals surface area contributed by atoms with Gasteiger partial charge >= 0.3 is 6.18 Å². The molecule has 0 unspecified atom stereocenters. The highest BCUT2D eigenvalue weighted by atomic mass is 35.5. The normalized spacial score (nSPS) is 12.0. The summed E-state index contributed by atoms with van der Waals surface area (Å²) in [6.07, 6.45) is -4.75. The molecule has 0 saturated heterocycles. The van der Waals surface area contributed by atoms with Crippen LogP contribution in [-0.4, -0.2) is 24.5 Å². The van der Waals surface area contributed by atoms with Crippen molar-refractivity contribution in [2.45, 2.75) is 6.18 Å². The van der Waals surface area contributed by atoms with Gasteiger partial charge in [0.1, 0.15) is 5.02 Å². The van der Waals surface area contributed by atoms with Crippen LogP contribution in [0.4, 0.5) is 18.9 Å².